The molecule has 5 nitrogen and oxygen atoms in total. The number of piperidine rings is 1. The smallest absolute Gasteiger partial charge is 0.309 e. The summed E-state index contributed by atoms with van der Waals surface area (Å²) in [6, 6.07) is 11.1. The first-order chi connectivity index (χ1) is 12.3. The van der Waals surface area contributed by atoms with E-state index in [1.54, 1.807) is 15.6 Å². The molecule has 0 bridgehead atoms. The van der Waals surface area contributed by atoms with E-state index in [0.29, 0.717) is 18.8 Å². The molecule has 2 aromatic rings. The fourth-order valence-electron chi connectivity index (χ4n) is 3.21. The van der Waals surface area contributed by atoms with E-state index in [0.717, 1.165) is 11.4 Å². The molecule has 1 N–H and O–H groups in total. The van der Waals surface area contributed by atoms with Gasteiger partial charge in [0.1, 0.15) is 5.82 Å². The maximum Gasteiger partial charge on any atom is 0.393 e. The lowest BCUT2D eigenvalue weighted by atomic mass is 9.97. The third kappa shape index (κ3) is 4.43. The Kier molecular flexibility index (Phi) is 5.31. The van der Waals surface area contributed by atoms with Gasteiger partial charge in [0.05, 0.1) is 23.8 Å². The molecule has 1 aliphatic heterocycles. The number of nitrogens with zero attached hydrogens (tertiary/aromatic N) is 3. The standard InChI is InChI=1S/C18H21F3N4O/c1-13-10-16(25(23-13)15-7-3-2-4-8-15)22-17(26)12-24-9-5-6-14(11-24)18(19,20)21/h2-4,7-8,10,14H,5-6,9,11-12H2,1H3,(H,22,26)/t14-/m0/s1. The first kappa shape index (κ1) is 18.4. The van der Waals surface area contributed by atoms with Crippen LogP contribution in [0.4, 0.5) is 19.0 Å². The Morgan fingerprint density at radius 2 is 2.04 bits per heavy atom. The molecule has 1 saturated heterocycles. The highest BCUT2D eigenvalue weighted by Gasteiger charge is 2.41. The van der Waals surface area contributed by atoms with E-state index in [1.807, 2.05) is 37.3 Å². The zero-order valence-corrected chi connectivity index (χ0v) is 14.5. The van der Waals surface area contributed by atoms with E-state index in [-0.39, 0.29) is 25.4 Å². The first-order valence-electron chi connectivity index (χ1n) is 8.54. The van der Waals surface area contributed by atoms with Gasteiger partial charge in [0.2, 0.25) is 5.91 Å². The van der Waals surface area contributed by atoms with Gasteiger partial charge in [-0.3, -0.25) is 9.69 Å². The van der Waals surface area contributed by atoms with E-state index in [2.05, 4.69) is 10.4 Å². The molecule has 1 amide bonds. The van der Waals surface area contributed by atoms with Crippen molar-refractivity contribution < 1.29 is 18.0 Å². The molecule has 2 heterocycles. The third-order valence-electron chi connectivity index (χ3n) is 4.44. The van der Waals surface area contributed by atoms with Crippen molar-refractivity contribution in [3.05, 3.63) is 42.1 Å². The molecule has 0 unspecified atom stereocenters. The van der Waals surface area contributed by atoms with Crippen molar-refractivity contribution in [2.24, 2.45) is 5.92 Å². The Morgan fingerprint density at radius 3 is 2.73 bits per heavy atom. The molecule has 0 saturated carbocycles. The number of para-hydroxylation sites is 1. The van der Waals surface area contributed by atoms with Crippen LogP contribution in [0.5, 0.6) is 0 Å². The number of nitrogens with one attached hydrogen (secondary N) is 1. The van der Waals surface area contributed by atoms with Crippen molar-refractivity contribution in [1.82, 2.24) is 14.7 Å². The second kappa shape index (κ2) is 7.49. The van der Waals surface area contributed by atoms with Crippen molar-refractivity contribution in [1.29, 1.82) is 0 Å². The van der Waals surface area contributed by atoms with Gasteiger partial charge < -0.3 is 5.32 Å². The molecule has 1 aromatic heterocycles. The number of amides is 1. The summed E-state index contributed by atoms with van der Waals surface area (Å²) in [6.45, 7) is 2.12. The van der Waals surface area contributed by atoms with Gasteiger partial charge in [-0.25, -0.2) is 4.68 Å². The Morgan fingerprint density at radius 1 is 1.31 bits per heavy atom. The SMILES string of the molecule is Cc1cc(NC(=O)CN2CCC[C@H](C(F)(F)F)C2)n(-c2ccccc2)n1. The highest BCUT2D eigenvalue weighted by Crippen LogP contribution is 2.33. The first-order valence-corrected chi connectivity index (χ1v) is 8.54. The van der Waals surface area contributed by atoms with Crippen LogP contribution in [0.25, 0.3) is 5.69 Å². The maximum atomic E-state index is 12.9. The fourth-order valence-corrected chi connectivity index (χ4v) is 3.21. The van der Waals surface area contributed by atoms with Crippen LogP contribution in [0.3, 0.4) is 0 Å². The number of aryl methyl sites for hydroxylation is 1. The molecule has 26 heavy (non-hydrogen) atoms. The van der Waals surface area contributed by atoms with Crippen molar-refractivity contribution in [2.75, 3.05) is 25.0 Å². The van der Waals surface area contributed by atoms with Gasteiger partial charge in [0, 0.05) is 12.6 Å². The van der Waals surface area contributed by atoms with Gasteiger partial charge in [0.15, 0.2) is 0 Å². The number of hydrogen-bond donors (Lipinski definition) is 1. The molecule has 1 aliphatic rings. The predicted molar refractivity (Wildman–Crippen MR) is 92.1 cm³/mol. The van der Waals surface area contributed by atoms with Crippen molar-refractivity contribution in [3.63, 3.8) is 0 Å². The molecular formula is C18H21F3N4O. The number of carbonyl (C=O) groups is 1. The highest BCUT2D eigenvalue weighted by atomic mass is 19.4. The Bertz CT molecular complexity index is 758. The van der Waals surface area contributed by atoms with E-state index in [4.69, 9.17) is 0 Å². The second-order valence-electron chi connectivity index (χ2n) is 6.58. The van der Waals surface area contributed by atoms with Crippen LogP contribution in [-0.2, 0) is 4.79 Å². The number of rotatable bonds is 4. The van der Waals surface area contributed by atoms with Crippen LogP contribution in [0, 0.1) is 12.8 Å². The summed E-state index contributed by atoms with van der Waals surface area (Å²) in [4.78, 5) is 13.9. The number of benzene rings is 1. The number of likely N-dealkylation sites (tertiary alicyclic amines) is 1. The van der Waals surface area contributed by atoms with Crippen LogP contribution in [0.1, 0.15) is 18.5 Å². The molecule has 0 aliphatic carbocycles. The molecular weight excluding hydrogens is 345 g/mol. The van der Waals surface area contributed by atoms with Gasteiger partial charge in [-0.05, 0) is 38.4 Å². The van der Waals surface area contributed by atoms with E-state index < -0.39 is 12.1 Å². The topological polar surface area (TPSA) is 50.2 Å². The van der Waals surface area contributed by atoms with Crippen molar-refractivity contribution in [3.8, 4) is 5.69 Å². The molecule has 1 atom stereocenters. The number of anilines is 1. The molecule has 0 radical (unpaired) electrons. The number of halogens is 3. The minimum Gasteiger partial charge on any atom is -0.309 e. The van der Waals surface area contributed by atoms with Crippen LogP contribution in [-0.4, -0.2) is 46.4 Å². The number of carbonyl (C=O) groups excluding carboxylic acids is 1. The second-order valence-corrected chi connectivity index (χ2v) is 6.58. The molecule has 0 spiro atoms. The van der Waals surface area contributed by atoms with Crippen LogP contribution >= 0.6 is 0 Å². The zero-order chi connectivity index (χ0) is 18.7. The zero-order valence-electron chi connectivity index (χ0n) is 14.5. The molecule has 1 aromatic carbocycles. The van der Waals surface area contributed by atoms with Gasteiger partial charge in [-0.2, -0.15) is 18.3 Å². The summed E-state index contributed by atoms with van der Waals surface area (Å²) in [6.07, 6.45) is -3.64. The Hall–Kier alpha value is -2.35. The summed E-state index contributed by atoms with van der Waals surface area (Å²) >= 11 is 0. The van der Waals surface area contributed by atoms with Gasteiger partial charge in [-0.15, -0.1) is 0 Å². The largest absolute Gasteiger partial charge is 0.393 e. The van der Waals surface area contributed by atoms with Gasteiger partial charge in [-0.1, -0.05) is 18.2 Å². The average Bonchev–Trinajstić information content (AvgIpc) is 2.95. The monoisotopic (exact) mass is 366 g/mol. The van der Waals surface area contributed by atoms with E-state index >= 15 is 0 Å². The summed E-state index contributed by atoms with van der Waals surface area (Å²) in [5.41, 5.74) is 1.53. The lowest BCUT2D eigenvalue weighted by molar-refractivity contribution is -0.186. The average molecular weight is 366 g/mol. The summed E-state index contributed by atoms with van der Waals surface area (Å²) in [5, 5.41) is 7.13. The molecule has 8 heteroatoms. The minimum atomic E-state index is -4.21. The van der Waals surface area contributed by atoms with Crippen molar-refractivity contribution >= 4 is 11.7 Å². The van der Waals surface area contributed by atoms with Gasteiger partial charge in [0.25, 0.3) is 0 Å². The normalized spacial score (nSPS) is 18.7. The van der Waals surface area contributed by atoms with Crippen molar-refractivity contribution in [2.45, 2.75) is 25.9 Å². The lowest BCUT2D eigenvalue weighted by Gasteiger charge is -2.33. The maximum absolute atomic E-state index is 12.9. The predicted octanol–water partition coefficient (Wildman–Crippen LogP) is 3.39. The Labute approximate surface area is 149 Å². The summed E-state index contributed by atoms with van der Waals surface area (Å²) < 4.78 is 40.3. The van der Waals surface area contributed by atoms with Gasteiger partial charge >= 0.3 is 6.18 Å². The van der Waals surface area contributed by atoms with Crippen LogP contribution < -0.4 is 5.32 Å². The van der Waals surface area contributed by atoms with E-state index in [1.165, 1.54) is 0 Å². The third-order valence-corrected chi connectivity index (χ3v) is 4.44. The Balaban J connectivity index is 1.66. The lowest BCUT2D eigenvalue weighted by Crippen LogP contribution is -2.44. The van der Waals surface area contributed by atoms with Crippen LogP contribution in [0.2, 0.25) is 0 Å². The number of aromatic nitrogens is 2. The molecule has 3 rings (SSSR count). The number of hydrogen-bond acceptors (Lipinski definition) is 3. The fraction of sp³-hybridized carbons (Fsp3) is 0.444. The minimum absolute atomic E-state index is 0.0639. The quantitative estimate of drug-likeness (QED) is 0.902. The van der Waals surface area contributed by atoms with E-state index in [9.17, 15) is 18.0 Å². The summed E-state index contributed by atoms with van der Waals surface area (Å²) in [5.74, 6) is -1.20. The molecule has 140 valence electrons. The summed E-state index contributed by atoms with van der Waals surface area (Å²) in [7, 11) is 0. The number of alkyl halides is 3. The molecule has 1 fully saturated rings. The highest BCUT2D eigenvalue weighted by molar-refractivity contribution is 5.91. The van der Waals surface area contributed by atoms with Crippen LogP contribution in [0.15, 0.2) is 36.4 Å².